The molecule has 0 spiro atoms. The Bertz CT molecular complexity index is 756. The van der Waals surface area contributed by atoms with Crippen molar-refractivity contribution in [1.29, 1.82) is 0 Å². The van der Waals surface area contributed by atoms with Gasteiger partial charge in [0.25, 0.3) is 0 Å². The molecular weight excluding hydrogens is 377 g/mol. The predicted molar refractivity (Wildman–Crippen MR) is 101 cm³/mol. The highest BCUT2D eigenvalue weighted by molar-refractivity contribution is 8.01. The number of thioether (sulfide) groups is 1. The van der Waals surface area contributed by atoms with Gasteiger partial charge in [0.05, 0.1) is 12.3 Å². The molecule has 26 heavy (non-hydrogen) atoms. The summed E-state index contributed by atoms with van der Waals surface area (Å²) < 4.78 is 13.8. The van der Waals surface area contributed by atoms with Crippen molar-refractivity contribution >= 4 is 45.7 Å². The van der Waals surface area contributed by atoms with Gasteiger partial charge in [-0.25, -0.2) is 4.39 Å². The number of nitrogens with zero attached hydrogens (tertiary/aromatic N) is 3. The van der Waals surface area contributed by atoms with E-state index in [0.717, 1.165) is 6.42 Å². The van der Waals surface area contributed by atoms with Crippen LogP contribution in [0, 0.1) is 5.82 Å². The molecule has 0 saturated heterocycles. The van der Waals surface area contributed by atoms with Gasteiger partial charge in [-0.3, -0.25) is 9.59 Å². The minimum Gasteiger partial charge on any atom is -0.355 e. The van der Waals surface area contributed by atoms with Crippen LogP contribution >= 0.6 is 23.1 Å². The van der Waals surface area contributed by atoms with E-state index in [9.17, 15) is 14.0 Å². The van der Waals surface area contributed by atoms with E-state index in [-0.39, 0.29) is 29.9 Å². The number of carbonyl (C=O) groups excluding carboxylic acids is 2. The first-order chi connectivity index (χ1) is 12.5. The summed E-state index contributed by atoms with van der Waals surface area (Å²) in [6.45, 7) is 2.59. The van der Waals surface area contributed by atoms with Gasteiger partial charge in [0.2, 0.25) is 16.9 Å². The van der Waals surface area contributed by atoms with Crippen LogP contribution in [0.3, 0.4) is 0 Å². The Hall–Kier alpha value is -2.20. The van der Waals surface area contributed by atoms with Crippen LogP contribution in [0.5, 0.6) is 0 Å². The van der Waals surface area contributed by atoms with Crippen molar-refractivity contribution in [3.8, 4) is 0 Å². The molecule has 0 unspecified atom stereocenters. The molecule has 2 amide bonds. The molecule has 1 heterocycles. The number of hydrogen-bond donors (Lipinski definition) is 2. The first-order valence-corrected chi connectivity index (χ1v) is 9.77. The van der Waals surface area contributed by atoms with Gasteiger partial charge in [-0.15, -0.1) is 10.2 Å². The molecule has 0 radical (unpaired) electrons. The standard InChI is InChI=1S/C16H20FN5O2S2/c1-3-7-18-13(23)9-22(2)14(24)10-25-16-21-20-15(26-16)19-12-6-4-5-11(17)8-12/h4-6,8H,3,7,9-10H2,1-2H3,(H,18,23)(H,19,20). The first kappa shape index (κ1) is 20.1. The lowest BCUT2D eigenvalue weighted by Crippen LogP contribution is -2.39. The third kappa shape index (κ3) is 6.60. The van der Waals surface area contributed by atoms with Gasteiger partial charge >= 0.3 is 0 Å². The number of hydrogen-bond acceptors (Lipinski definition) is 7. The molecular formula is C16H20FN5O2S2. The second-order valence-corrected chi connectivity index (χ2v) is 7.60. The Morgan fingerprint density at radius 1 is 1.35 bits per heavy atom. The highest BCUT2D eigenvalue weighted by Gasteiger charge is 2.14. The summed E-state index contributed by atoms with van der Waals surface area (Å²) in [5.74, 6) is -0.529. The number of halogens is 1. The largest absolute Gasteiger partial charge is 0.355 e. The van der Waals surface area contributed by atoms with E-state index >= 15 is 0 Å². The maximum absolute atomic E-state index is 13.2. The number of likely N-dealkylation sites (N-methyl/N-ethyl adjacent to an activating group) is 1. The van der Waals surface area contributed by atoms with E-state index in [1.54, 1.807) is 19.2 Å². The van der Waals surface area contributed by atoms with Crippen LogP contribution < -0.4 is 10.6 Å². The molecule has 1 aromatic heterocycles. The monoisotopic (exact) mass is 397 g/mol. The Labute approximate surface area is 159 Å². The zero-order valence-electron chi connectivity index (χ0n) is 14.5. The van der Waals surface area contributed by atoms with Crippen LogP contribution in [0.15, 0.2) is 28.6 Å². The van der Waals surface area contributed by atoms with Crippen LogP contribution in [0.1, 0.15) is 13.3 Å². The van der Waals surface area contributed by atoms with Crippen molar-refractivity contribution in [2.45, 2.75) is 17.7 Å². The molecule has 0 aliphatic carbocycles. The van der Waals surface area contributed by atoms with E-state index in [1.807, 2.05) is 6.92 Å². The van der Waals surface area contributed by atoms with Crippen molar-refractivity contribution in [3.63, 3.8) is 0 Å². The third-order valence-corrected chi connectivity index (χ3v) is 5.14. The number of aromatic nitrogens is 2. The van der Waals surface area contributed by atoms with E-state index in [4.69, 9.17) is 0 Å². The van der Waals surface area contributed by atoms with Crippen LogP contribution in [0.25, 0.3) is 0 Å². The second-order valence-electron chi connectivity index (χ2n) is 5.40. The summed E-state index contributed by atoms with van der Waals surface area (Å²) in [5, 5.41) is 14.2. The molecule has 140 valence electrons. The lowest BCUT2D eigenvalue weighted by Gasteiger charge is -2.16. The summed E-state index contributed by atoms with van der Waals surface area (Å²) in [4.78, 5) is 25.1. The molecule has 7 nitrogen and oxygen atoms in total. The molecule has 0 bridgehead atoms. The molecule has 2 aromatic rings. The summed E-state index contributed by atoms with van der Waals surface area (Å²) in [6, 6.07) is 6.03. The van der Waals surface area contributed by atoms with Crippen molar-refractivity contribution in [2.75, 3.05) is 31.2 Å². The van der Waals surface area contributed by atoms with Gasteiger partial charge in [0, 0.05) is 19.3 Å². The average molecular weight is 398 g/mol. The van der Waals surface area contributed by atoms with E-state index in [1.165, 1.54) is 40.1 Å². The second kappa shape index (κ2) is 10.1. The maximum atomic E-state index is 13.2. The Morgan fingerprint density at radius 3 is 2.88 bits per heavy atom. The van der Waals surface area contributed by atoms with Crippen LogP contribution in [-0.4, -0.2) is 52.8 Å². The number of anilines is 2. The summed E-state index contributed by atoms with van der Waals surface area (Å²) in [5.41, 5.74) is 0.576. The topological polar surface area (TPSA) is 87.2 Å². The minimum atomic E-state index is -0.342. The van der Waals surface area contributed by atoms with E-state index in [2.05, 4.69) is 20.8 Å². The highest BCUT2D eigenvalue weighted by Crippen LogP contribution is 2.27. The number of nitrogens with one attached hydrogen (secondary N) is 2. The molecule has 0 fully saturated rings. The van der Waals surface area contributed by atoms with Gasteiger partial charge in [-0.2, -0.15) is 0 Å². The van der Waals surface area contributed by atoms with E-state index in [0.29, 0.717) is 21.7 Å². The summed E-state index contributed by atoms with van der Waals surface area (Å²) in [7, 11) is 1.59. The molecule has 2 rings (SSSR count). The lowest BCUT2D eigenvalue weighted by atomic mass is 10.3. The Balaban J connectivity index is 1.79. The fourth-order valence-corrected chi connectivity index (χ4v) is 3.58. The summed E-state index contributed by atoms with van der Waals surface area (Å²) in [6.07, 6.45) is 0.849. The summed E-state index contributed by atoms with van der Waals surface area (Å²) >= 11 is 2.51. The lowest BCUT2D eigenvalue weighted by molar-refractivity contribution is -0.132. The van der Waals surface area contributed by atoms with Gasteiger partial charge < -0.3 is 15.5 Å². The van der Waals surface area contributed by atoms with Crippen molar-refractivity contribution in [3.05, 3.63) is 30.1 Å². The van der Waals surface area contributed by atoms with Gasteiger partial charge in [-0.1, -0.05) is 36.1 Å². The number of rotatable bonds is 9. The van der Waals surface area contributed by atoms with Gasteiger partial charge in [0.15, 0.2) is 4.34 Å². The third-order valence-electron chi connectivity index (χ3n) is 3.18. The van der Waals surface area contributed by atoms with E-state index < -0.39 is 0 Å². The predicted octanol–water partition coefficient (Wildman–Crippen LogP) is 2.50. The van der Waals surface area contributed by atoms with Crippen molar-refractivity contribution in [2.24, 2.45) is 0 Å². The molecule has 0 aliphatic rings. The van der Waals surface area contributed by atoms with Gasteiger partial charge in [-0.05, 0) is 24.6 Å². The molecule has 0 aliphatic heterocycles. The maximum Gasteiger partial charge on any atom is 0.239 e. The van der Waals surface area contributed by atoms with Gasteiger partial charge in [0.1, 0.15) is 5.82 Å². The molecule has 1 aromatic carbocycles. The smallest absolute Gasteiger partial charge is 0.239 e. The average Bonchev–Trinajstić information content (AvgIpc) is 3.05. The highest BCUT2D eigenvalue weighted by atomic mass is 32.2. The number of benzene rings is 1. The zero-order chi connectivity index (χ0) is 18.9. The first-order valence-electron chi connectivity index (χ1n) is 7.97. The SMILES string of the molecule is CCCNC(=O)CN(C)C(=O)CSc1nnc(Nc2cccc(F)c2)s1. The zero-order valence-corrected chi connectivity index (χ0v) is 16.1. The van der Waals surface area contributed by atoms with Crippen LogP contribution in [-0.2, 0) is 9.59 Å². The van der Waals surface area contributed by atoms with Crippen molar-refractivity contribution < 1.29 is 14.0 Å². The molecule has 0 saturated carbocycles. The Morgan fingerprint density at radius 2 is 2.15 bits per heavy atom. The van der Waals surface area contributed by atoms with Crippen molar-refractivity contribution in [1.82, 2.24) is 20.4 Å². The minimum absolute atomic E-state index is 0.0297. The Kier molecular flexibility index (Phi) is 7.79. The number of carbonyl (C=O) groups is 2. The molecule has 0 atom stereocenters. The normalized spacial score (nSPS) is 10.4. The fourth-order valence-electron chi connectivity index (χ4n) is 1.87. The van der Waals surface area contributed by atoms with Crippen LogP contribution in [0.2, 0.25) is 0 Å². The van der Waals surface area contributed by atoms with Crippen LogP contribution in [0.4, 0.5) is 15.2 Å². The molecule has 2 N–H and O–H groups in total. The number of amides is 2. The fraction of sp³-hybridized carbons (Fsp3) is 0.375. The quantitative estimate of drug-likeness (QED) is 0.632. The molecule has 10 heteroatoms.